The standard InChI is InChI=1S/C13H13BrClN3/c1-8(9-3-2-4-10(15)5-9)18-13-12(14)6-11(16)7-17-13/h2-8H,16H2,1H3,(H,17,18). The number of halogens is 2. The van der Waals surface area contributed by atoms with Crippen LogP contribution >= 0.6 is 27.5 Å². The Balaban J connectivity index is 2.18. The molecule has 18 heavy (non-hydrogen) atoms. The Morgan fingerprint density at radius 2 is 2.17 bits per heavy atom. The van der Waals surface area contributed by atoms with E-state index < -0.39 is 0 Å². The summed E-state index contributed by atoms with van der Waals surface area (Å²) in [5.74, 6) is 0.761. The van der Waals surface area contributed by atoms with Gasteiger partial charge >= 0.3 is 0 Å². The first-order valence-electron chi connectivity index (χ1n) is 5.49. The fraction of sp³-hybridized carbons (Fsp3) is 0.154. The van der Waals surface area contributed by atoms with E-state index >= 15 is 0 Å². The predicted octanol–water partition coefficient (Wildman–Crippen LogP) is 4.25. The van der Waals surface area contributed by atoms with Gasteiger partial charge in [0.05, 0.1) is 22.4 Å². The summed E-state index contributed by atoms with van der Waals surface area (Å²) in [5, 5.41) is 4.04. The molecule has 0 aliphatic heterocycles. The molecule has 3 nitrogen and oxygen atoms in total. The van der Waals surface area contributed by atoms with E-state index in [1.165, 1.54) is 0 Å². The summed E-state index contributed by atoms with van der Waals surface area (Å²) in [6.07, 6.45) is 1.62. The molecule has 1 aromatic carbocycles. The highest BCUT2D eigenvalue weighted by atomic mass is 79.9. The molecule has 0 aliphatic carbocycles. The van der Waals surface area contributed by atoms with Crippen LogP contribution in [-0.2, 0) is 0 Å². The fourth-order valence-corrected chi connectivity index (χ4v) is 2.30. The lowest BCUT2D eigenvalue weighted by molar-refractivity contribution is 0.873. The van der Waals surface area contributed by atoms with Gasteiger partial charge < -0.3 is 11.1 Å². The fourth-order valence-electron chi connectivity index (χ4n) is 1.62. The maximum atomic E-state index is 5.97. The van der Waals surface area contributed by atoms with Crippen molar-refractivity contribution in [2.24, 2.45) is 0 Å². The smallest absolute Gasteiger partial charge is 0.140 e. The van der Waals surface area contributed by atoms with Gasteiger partial charge in [-0.15, -0.1) is 0 Å². The van der Waals surface area contributed by atoms with Crippen molar-refractivity contribution in [2.45, 2.75) is 13.0 Å². The quantitative estimate of drug-likeness (QED) is 0.886. The van der Waals surface area contributed by atoms with E-state index in [9.17, 15) is 0 Å². The highest BCUT2D eigenvalue weighted by molar-refractivity contribution is 9.10. The number of hydrogen-bond donors (Lipinski definition) is 2. The van der Waals surface area contributed by atoms with Crippen molar-refractivity contribution >= 4 is 39.0 Å². The lowest BCUT2D eigenvalue weighted by Gasteiger charge is -2.16. The molecule has 1 atom stereocenters. The number of nitrogen functional groups attached to an aromatic ring is 1. The van der Waals surface area contributed by atoms with Gasteiger partial charge in [-0.25, -0.2) is 4.98 Å². The summed E-state index contributed by atoms with van der Waals surface area (Å²) in [6.45, 7) is 2.05. The number of pyridine rings is 1. The third kappa shape index (κ3) is 3.15. The topological polar surface area (TPSA) is 50.9 Å². The molecule has 0 aliphatic rings. The van der Waals surface area contributed by atoms with Gasteiger partial charge in [0.25, 0.3) is 0 Å². The van der Waals surface area contributed by atoms with Gasteiger partial charge in [0.1, 0.15) is 5.82 Å². The van der Waals surface area contributed by atoms with Crippen LogP contribution in [0.3, 0.4) is 0 Å². The zero-order valence-corrected chi connectivity index (χ0v) is 12.2. The number of hydrogen-bond acceptors (Lipinski definition) is 3. The molecule has 2 rings (SSSR count). The van der Waals surface area contributed by atoms with Crippen molar-refractivity contribution < 1.29 is 0 Å². The Morgan fingerprint density at radius 1 is 1.39 bits per heavy atom. The number of rotatable bonds is 3. The number of anilines is 2. The molecule has 0 saturated heterocycles. The minimum atomic E-state index is 0.108. The summed E-state index contributed by atoms with van der Waals surface area (Å²) >= 11 is 9.41. The van der Waals surface area contributed by atoms with Gasteiger partial charge in [0, 0.05) is 5.02 Å². The van der Waals surface area contributed by atoms with Gasteiger partial charge in [-0.3, -0.25) is 0 Å². The van der Waals surface area contributed by atoms with Crippen LogP contribution in [0, 0.1) is 0 Å². The van der Waals surface area contributed by atoms with Crippen LogP contribution in [0.25, 0.3) is 0 Å². The van der Waals surface area contributed by atoms with Gasteiger partial charge in [-0.05, 0) is 46.6 Å². The Morgan fingerprint density at radius 3 is 2.83 bits per heavy atom. The SMILES string of the molecule is CC(Nc1ncc(N)cc1Br)c1cccc(Cl)c1. The molecule has 0 bridgehead atoms. The Hall–Kier alpha value is -1.26. The number of benzene rings is 1. The summed E-state index contributed by atoms with van der Waals surface area (Å²) in [5.41, 5.74) is 7.38. The molecule has 94 valence electrons. The largest absolute Gasteiger partial charge is 0.397 e. The average Bonchev–Trinajstić information content (AvgIpc) is 2.32. The summed E-state index contributed by atoms with van der Waals surface area (Å²) in [7, 11) is 0. The zero-order chi connectivity index (χ0) is 13.1. The molecule has 1 heterocycles. The second kappa shape index (κ2) is 5.59. The molecule has 0 amide bonds. The van der Waals surface area contributed by atoms with E-state index in [1.54, 1.807) is 6.20 Å². The first kappa shape index (κ1) is 13.2. The summed E-state index contributed by atoms with van der Waals surface area (Å²) < 4.78 is 0.844. The van der Waals surface area contributed by atoms with Crippen LogP contribution in [0.2, 0.25) is 5.02 Å². The van der Waals surface area contributed by atoms with Crippen molar-refractivity contribution in [3.05, 3.63) is 51.6 Å². The molecule has 0 radical (unpaired) electrons. The van der Waals surface area contributed by atoms with E-state index in [-0.39, 0.29) is 6.04 Å². The van der Waals surface area contributed by atoms with Crippen LogP contribution in [0.1, 0.15) is 18.5 Å². The lowest BCUT2D eigenvalue weighted by atomic mass is 10.1. The van der Waals surface area contributed by atoms with Crippen LogP contribution in [0.15, 0.2) is 41.0 Å². The van der Waals surface area contributed by atoms with E-state index in [0.717, 1.165) is 20.9 Å². The van der Waals surface area contributed by atoms with Crippen molar-refractivity contribution in [3.8, 4) is 0 Å². The van der Waals surface area contributed by atoms with E-state index in [0.29, 0.717) is 5.69 Å². The minimum Gasteiger partial charge on any atom is -0.397 e. The maximum absolute atomic E-state index is 5.97. The third-order valence-corrected chi connectivity index (χ3v) is 3.40. The average molecular weight is 327 g/mol. The van der Waals surface area contributed by atoms with E-state index in [2.05, 4.69) is 33.2 Å². The normalized spacial score (nSPS) is 12.2. The lowest BCUT2D eigenvalue weighted by Crippen LogP contribution is -2.08. The molecular weight excluding hydrogens is 314 g/mol. The molecule has 5 heteroatoms. The second-order valence-electron chi connectivity index (χ2n) is 4.02. The van der Waals surface area contributed by atoms with Crippen molar-refractivity contribution in [1.29, 1.82) is 0 Å². The van der Waals surface area contributed by atoms with Gasteiger partial charge in [-0.2, -0.15) is 0 Å². The molecule has 1 unspecified atom stereocenters. The number of nitrogens with two attached hydrogens (primary N) is 1. The Kier molecular flexibility index (Phi) is 4.09. The molecule has 3 N–H and O–H groups in total. The Bertz CT molecular complexity index is 560. The molecule has 1 aromatic heterocycles. The molecular formula is C13H13BrClN3. The van der Waals surface area contributed by atoms with Gasteiger partial charge in [0.15, 0.2) is 0 Å². The van der Waals surface area contributed by atoms with Crippen molar-refractivity contribution in [2.75, 3.05) is 11.1 Å². The Labute approximate surface area is 119 Å². The zero-order valence-electron chi connectivity index (χ0n) is 9.82. The second-order valence-corrected chi connectivity index (χ2v) is 5.31. The molecule has 0 saturated carbocycles. The van der Waals surface area contributed by atoms with Gasteiger partial charge in [0.2, 0.25) is 0 Å². The van der Waals surface area contributed by atoms with Crippen molar-refractivity contribution in [1.82, 2.24) is 4.98 Å². The first-order chi connectivity index (χ1) is 8.56. The van der Waals surface area contributed by atoms with Crippen molar-refractivity contribution in [3.63, 3.8) is 0 Å². The molecule has 0 fully saturated rings. The minimum absolute atomic E-state index is 0.108. The third-order valence-electron chi connectivity index (χ3n) is 2.56. The van der Waals surface area contributed by atoms with Crippen LogP contribution in [0.4, 0.5) is 11.5 Å². The predicted molar refractivity (Wildman–Crippen MR) is 79.8 cm³/mol. The monoisotopic (exact) mass is 325 g/mol. The number of nitrogens with one attached hydrogen (secondary N) is 1. The number of aromatic nitrogens is 1. The maximum Gasteiger partial charge on any atom is 0.140 e. The van der Waals surface area contributed by atoms with E-state index in [1.807, 2.05) is 30.3 Å². The highest BCUT2D eigenvalue weighted by Crippen LogP contribution is 2.26. The first-order valence-corrected chi connectivity index (χ1v) is 6.66. The van der Waals surface area contributed by atoms with E-state index in [4.69, 9.17) is 17.3 Å². The number of nitrogens with zero attached hydrogens (tertiary/aromatic N) is 1. The van der Waals surface area contributed by atoms with Crippen LogP contribution in [-0.4, -0.2) is 4.98 Å². The summed E-state index contributed by atoms with van der Waals surface area (Å²) in [4.78, 5) is 4.25. The molecule has 0 spiro atoms. The summed E-state index contributed by atoms with van der Waals surface area (Å²) in [6, 6.07) is 9.67. The van der Waals surface area contributed by atoms with Gasteiger partial charge in [-0.1, -0.05) is 23.7 Å². The van der Waals surface area contributed by atoms with Crippen LogP contribution in [0.5, 0.6) is 0 Å². The van der Waals surface area contributed by atoms with Crippen LogP contribution < -0.4 is 11.1 Å². The molecule has 2 aromatic rings. The highest BCUT2D eigenvalue weighted by Gasteiger charge is 2.09.